The molecule has 1 heterocycles. The Morgan fingerprint density at radius 3 is 2.75 bits per heavy atom. The molecule has 0 spiro atoms. The summed E-state index contributed by atoms with van der Waals surface area (Å²) < 4.78 is 0. The van der Waals surface area contributed by atoms with Gasteiger partial charge in [0.15, 0.2) is 0 Å². The zero-order valence-corrected chi connectivity index (χ0v) is 9.62. The first-order chi connectivity index (χ1) is 7.75. The number of hydrogen-bond donors (Lipinski definition) is 0. The Kier molecular flexibility index (Phi) is 2.08. The molecule has 0 fully saturated rings. The van der Waals surface area contributed by atoms with Crippen LogP contribution in [0, 0.1) is 6.92 Å². The average Bonchev–Trinajstić information content (AvgIpc) is 2.32. The van der Waals surface area contributed by atoms with E-state index in [9.17, 15) is 0 Å². The minimum Gasteiger partial charge on any atom is -0.246 e. The molecule has 0 radical (unpaired) electrons. The third kappa shape index (κ3) is 1.36. The van der Waals surface area contributed by atoms with Crippen molar-refractivity contribution in [1.29, 1.82) is 0 Å². The van der Waals surface area contributed by atoms with Crippen molar-refractivity contribution in [2.24, 2.45) is 0 Å². The van der Waals surface area contributed by atoms with Gasteiger partial charge in [-0.1, -0.05) is 35.9 Å². The first kappa shape index (κ1) is 9.61. The molecule has 0 saturated carbocycles. The number of benzene rings is 2. The van der Waals surface area contributed by atoms with Gasteiger partial charge in [-0.3, -0.25) is 0 Å². The maximum atomic E-state index is 6.17. The number of aromatic nitrogens is 1. The van der Waals surface area contributed by atoms with Crippen LogP contribution in [-0.2, 0) is 0 Å². The molecule has 16 heavy (non-hydrogen) atoms. The van der Waals surface area contributed by atoms with Crippen LogP contribution in [0.15, 0.2) is 42.5 Å². The van der Waals surface area contributed by atoms with Crippen LogP contribution in [0.2, 0.25) is 5.02 Å². The van der Waals surface area contributed by atoms with Crippen molar-refractivity contribution in [1.82, 2.24) is 4.98 Å². The number of halogens is 1. The van der Waals surface area contributed by atoms with E-state index in [-0.39, 0.29) is 0 Å². The van der Waals surface area contributed by atoms with E-state index in [4.69, 9.17) is 11.6 Å². The van der Waals surface area contributed by atoms with Crippen LogP contribution >= 0.6 is 11.6 Å². The van der Waals surface area contributed by atoms with Gasteiger partial charge >= 0.3 is 0 Å². The molecule has 1 aromatic heterocycles. The third-order valence-electron chi connectivity index (χ3n) is 2.85. The second-order valence-electron chi connectivity index (χ2n) is 3.94. The fraction of sp³-hybridized carbons (Fsp3) is 0.0714. The summed E-state index contributed by atoms with van der Waals surface area (Å²) in [6, 6.07) is 14.2. The van der Waals surface area contributed by atoms with E-state index in [2.05, 4.69) is 24.0 Å². The summed E-state index contributed by atoms with van der Waals surface area (Å²) in [7, 11) is 0. The summed E-state index contributed by atoms with van der Waals surface area (Å²) in [5.41, 5.74) is 3.08. The average molecular weight is 228 g/mol. The van der Waals surface area contributed by atoms with Gasteiger partial charge in [-0.25, -0.2) is 4.98 Å². The number of hydrogen-bond acceptors (Lipinski definition) is 1. The maximum Gasteiger partial charge on any atom is 0.0898 e. The van der Waals surface area contributed by atoms with Crippen molar-refractivity contribution in [3.8, 4) is 0 Å². The summed E-state index contributed by atoms with van der Waals surface area (Å²) in [6.07, 6.45) is 0. The molecule has 2 heteroatoms. The zero-order valence-electron chi connectivity index (χ0n) is 8.87. The Labute approximate surface area is 98.7 Å². The molecule has 0 amide bonds. The third-order valence-corrected chi connectivity index (χ3v) is 3.16. The van der Waals surface area contributed by atoms with Gasteiger partial charge in [0.2, 0.25) is 0 Å². The van der Waals surface area contributed by atoms with Crippen LogP contribution in [0.3, 0.4) is 0 Å². The summed E-state index contributed by atoms with van der Waals surface area (Å²) in [5, 5.41) is 3.00. The summed E-state index contributed by atoms with van der Waals surface area (Å²) >= 11 is 6.17. The van der Waals surface area contributed by atoms with E-state index >= 15 is 0 Å². The first-order valence-electron chi connectivity index (χ1n) is 5.20. The molecular weight excluding hydrogens is 218 g/mol. The lowest BCUT2D eigenvalue weighted by atomic mass is 10.1. The standard InChI is InChI=1S/C14H10ClN/c1-9-6-7-12(15)14-11(9)8-10-4-2-3-5-13(10)16-14/h2-8H,1H3. The molecule has 0 N–H and O–H groups in total. The molecule has 0 aliphatic carbocycles. The number of fused-ring (bicyclic) bond motifs is 2. The smallest absolute Gasteiger partial charge is 0.0898 e. The van der Waals surface area contributed by atoms with E-state index in [1.165, 1.54) is 5.56 Å². The lowest BCUT2D eigenvalue weighted by Crippen LogP contribution is -1.85. The highest BCUT2D eigenvalue weighted by atomic mass is 35.5. The van der Waals surface area contributed by atoms with Gasteiger partial charge in [0, 0.05) is 10.8 Å². The van der Waals surface area contributed by atoms with Crippen molar-refractivity contribution in [2.45, 2.75) is 6.92 Å². The van der Waals surface area contributed by atoms with Gasteiger partial charge in [-0.15, -0.1) is 0 Å². The lowest BCUT2D eigenvalue weighted by molar-refractivity contribution is 1.46. The van der Waals surface area contributed by atoms with Crippen LogP contribution in [0.25, 0.3) is 21.8 Å². The lowest BCUT2D eigenvalue weighted by Gasteiger charge is -2.05. The normalized spacial score (nSPS) is 11.1. The summed E-state index contributed by atoms with van der Waals surface area (Å²) in [5.74, 6) is 0. The quantitative estimate of drug-likeness (QED) is 0.521. The van der Waals surface area contributed by atoms with Gasteiger partial charge in [-0.05, 0) is 30.7 Å². The SMILES string of the molecule is Cc1ccc(Cl)c2nc3ccccc3cc12. The number of nitrogens with zero attached hydrogens (tertiary/aromatic N) is 1. The van der Waals surface area contributed by atoms with Crippen LogP contribution < -0.4 is 0 Å². The summed E-state index contributed by atoms with van der Waals surface area (Å²) in [4.78, 5) is 4.61. The number of rotatable bonds is 0. The van der Waals surface area contributed by atoms with Crippen molar-refractivity contribution in [3.05, 3.63) is 53.1 Å². The minimum atomic E-state index is 0.714. The highest BCUT2D eigenvalue weighted by Gasteiger charge is 2.05. The largest absolute Gasteiger partial charge is 0.246 e. The van der Waals surface area contributed by atoms with Crippen LogP contribution in [-0.4, -0.2) is 4.98 Å². The molecule has 0 saturated heterocycles. The van der Waals surface area contributed by atoms with Gasteiger partial charge < -0.3 is 0 Å². The molecule has 0 unspecified atom stereocenters. The van der Waals surface area contributed by atoms with Crippen LogP contribution in [0.5, 0.6) is 0 Å². The maximum absolute atomic E-state index is 6.17. The molecule has 0 aliphatic rings. The molecule has 3 rings (SSSR count). The van der Waals surface area contributed by atoms with E-state index in [1.54, 1.807) is 0 Å². The zero-order chi connectivity index (χ0) is 11.1. The monoisotopic (exact) mass is 227 g/mol. The van der Waals surface area contributed by atoms with Crippen molar-refractivity contribution >= 4 is 33.4 Å². The number of pyridine rings is 1. The predicted octanol–water partition coefficient (Wildman–Crippen LogP) is 4.35. The molecular formula is C14H10ClN. The molecule has 0 bridgehead atoms. The molecule has 78 valence electrons. The van der Waals surface area contributed by atoms with Gasteiger partial charge in [0.1, 0.15) is 0 Å². The predicted molar refractivity (Wildman–Crippen MR) is 69.0 cm³/mol. The number of aryl methyl sites for hydroxylation is 1. The Morgan fingerprint density at radius 2 is 1.88 bits per heavy atom. The summed E-state index contributed by atoms with van der Waals surface area (Å²) in [6.45, 7) is 2.08. The molecule has 1 nitrogen and oxygen atoms in total. The topological polar surface area (TPSA) is 12.9 Å². The fourth-order valence-corrected chi connectivity index (χ4v) is 2.17. The minimum absolute atomic E-state index is 0.714. The van der Waals surface area contributed by atoms with Crippen molar-refractivity contribution < 1.29 is 0 Å². The first-order valence-corrected chi connectivity index (χ1v) is 5.58. The van der Waals surface area contributed by atoms with Crippen LogP contribution in [0.1, 0.15) is 5.56 Å². The second kappa shape index (κ2) is 3.46. The van der Waals surface area contributed by atoms with Gasteiger partial charge in [-0.2, -0.15) is 0 Å². The highest BCUT2D eigenvalue weighted by molar-refractivity contribution is 6.35. The van der Waals surface area contributed by atoms with E-state index < -0.39 is 0 Å². The van der Waals surface area contributed by atoms with E-state index in [0.717, 1.165) is 21.8 Å². The molecule has 3 aromatic rings. The fourth-order valence-electron chi connectivity index (χ4n) is 1.97. The van der Waals surface area contributed by atoms with Crippen molar-refractivity contribution in [2.75, 3.05) is 0 Å². The van der Waals surface area contributed by atoms with Gasteiger partial charge in [0.25, 0.3) is 0 Å². The Bertz CT molecular complexity index is 629. The van der Waals surface area contributed by atoms with Gasteiger partial charge in [0.05, 0.1) is 16.1 Å². The Hall–Kier alpha value is -1.60. The molecule has 2 aromatic carbocycles. The van der Waals surface area contributed by atoms with Crippen molar-refractivity contribution in [3.63, 3.8) is 0 Å². The van der Waals surface area contributed by atoms with E-state index in [1.807, 2.05) is 30.3 Å². The van der Waals surface area contributed by atoms with Crippen LogP contribution in [0.4, 0.5) is 0 Å². The Balaban J connectivity index is 2.56. The van der Waals surface area contributed by atoms with E-state index in [0.29, 0.717) is 5.02 Å². The highest BCUT2D eigenvalue weighted by Crippen LogP contribution is 2.27. The second-order valence-corrected chi connectivity index (χ2v) is 4.35. The molecule has 0 aliphatic heterocycles. The molecule has 0 atom stereocenters. The Morgan fingerprint density at radius 1 is 1.06 bits per heavy atom. The number of para-hydroxylation sites is 1.